The Morgan fingerprint density at radius 3 is 2.89 bits per heavy atom. The van der Waals surface area contributed by atoms with E-state index in [9.17, 15) is 4.79 Å². The molecule has 1 saturated heterocycles. The Labute approximate surface area is 115 Å². The zero-order valence-electron chi connectivity index (χ0n) is 11.1. The van der Waals surface area contributed by atoms with Gasteiger partial charge >= 0.3 is 0 Å². The molecule has 0 saturated carbocycles. The fourth-order valence-electron chi connectivity index (χ4n) is 2.51. The van der Waals surface area contributed by atoms with Crippen molar-refractivity contribution in [2.45, 2.75) is 32.5 Å². The second-order valence-corrected chi connectivity index (χ2v) is 5.93. The molecule has 2 atom stereocenters. The van der Waals surface area contributed by atoms with E-state index in [1.807, 2.05) is 40.9 Å². The van der Waals surface area contributed by atoms with Gasteiger partial charge in [0.05, 0.1) is 24.3 Å². The highest BCUT2D eigenvalue weighted by Crippen LogP contribution is 2.15. The van der Waals surface area contributed by atoms with Crippen LogP contribution >= 0.6 is 11.3 Å². The summed E-state index contributed by atoms with van der Waals surface area (Å²) < 4.78 is 7.60. The second-order valence-electron chi connectivity index (χ2n) is 5.06. The van der Waals surface area contributed by atoms with Crippen LogP contribution in [0.4, 0.5) is 0 Å². The lowest BCUT2D eigenvalue weighted by Crippen LogP contribution is -2.48. The Hall–Kier alpha value is -1.40. The maximum absolute atomic E-state index is 12.3. The third-order valence-corrected chi connectivity index (χ3v) is 4.02. The number of nitrogens with zero attached hydrogens (tertiary/aromatic N) is 3. The Morgan fingerprint density at radius 1 is 1.47 bits per heavy atom. The molecule has 3 rings (SSSR count). The quantitative estimate of drug-likeness (QED) is 0.838. The average Bonchev–Trinajstić information content (AvgIpc) is 2.88. The highest BCUT2D eigenvalue weighted by molar-refractivity contribution is 7.15. The maximum Gasteiger partial charge on any atom is 0.228 e. The first-order valence-corrected chi connectivity index (χ1v) is 7.34. The highest BCUT2D eigenvalue weighted by Gasteiger charge is 2.26. The average molecular weight is 279 g/mol. The van der Waals surface area contributed by atoms with Gasteiger partial charge in [0.25, 0.3) is 0 Å². The summed E-state index contributed by atoms with van der Waals surface area (Å²) in [5, 5.41) is 1.99. The summed E-state index contributed by atoms with van der Waals surface area (Å²) in [4.78, 5) is 19.5. The van der Waals surface area contributed by atoms with Gasteiger partial charge in [-0.25, -0.2) is 4.98 Å². The minimum absolute atomic E-state index is 0.109. The molecule has 1 aliphatic rings. The van der Waals surface area contributed by atoms with Crippen LogP contribution in [0.25, 0.3) is 4.96 Å². The molecule has 6 heteroatoms. The Balaban J connectivity index is 1.69. The van der Waals surface area contributed by atoms with E-state index in [2.05, 4.69) is 4.98 Å². The summed E-state index contributed by atoms with van der Waals surface area (Å²) in [6, 6.07) is 0. The molecule has 0 spiro atoms. The number of morpholine rings is 1. The molecule has 0 aliphatic carbocycles. The molecular formula is C13H17N3O2S. The Bertz CT molecular complexity index is 553. The molecular weight excluding hydrogens is 262 g/mol. The lowest BCUT2D eigenvalue weighted by molar-refractivity contribution is -0.142. The second kappa shape index (κ2) is 4.94. The molecule has 19 heavy (non-hydrogen) atoms. The maximum atomic E-state index is 12.3. The van der Waals surface area contributed by atoms with Gasteiger partial charge in [0.15, 0.2) is 4.96 Å². The summed E-state index contributed by atoms with van der Waals surface area (Å²) in [7, 11) is 0. The Kier molecular flexibility index (Phi) is 3.28. The lowest BCUT2D eigenvalue weighted by atomic mass is 10.2. The molecule has 2 aromatic rings. The predicted octanol–water partition coefficient (Wildman–Crippen LogP) is 1.57. The van der Waals surface area contributed by atoms with Crippen molar-refractivity contribution in [1.29, 1.82) is 0 Å². The first-order chi connectivity index (χ1) is 9.11. The number of carbonyl (C=O) groups excluding carboxylic acids is 1. The van der Waals surface area contributed by atoms with E-state index in [1.165, 1.54) is 0 Å². The third-order valence-electron chi connectivity index (χ3n) is 3.25. The first kappa shape index (κ1) is 12.6. The van der Waals surface area contributed by atoms with Crippen molar-refractivity contribution in [3.05, 3.63) is 23.5 Å². The number of carbonyl (C=O) groups is 1. The zero-order chi connectivity index (χ0) is 13.4. The van der Waals surface area contributed by atoms with E-state index >= 15 is 0 Å². The fourth-order valence-corrected chi connectivity index (χ4v) is 3.23. The Morgan fingerprint density at radius 2 is 2.21 bits per heavy atom. The summed E-state index contributed by atoms with van der Waals surface area (Å²) in [6.45, 7) is 5.35. The smallest absolute Gasteiger partial charge is 0.228 e. The molecule has 3 heterocycles. The zero-order valence-corrected chi connectivity index (χ0v) is 11.9. The van der Waals surface area contributed by atoms with Crippen molar-refractivity contribution < 1.29 is 9.53 Å². The van der Waals surface area contributed by atoms with E-state index in [0.29, 0.717) is 19.5 Å². The molecule has 2 aromatic heterocycles. The van der Waals surface area contributed by atoms with Gasteiger partial charge in [-0.05, 0) is 13.8 Å². The lowest BCUT2D eigenvalue weighted by Gasteiger charge is -2.35. The van der Waals surface area contributed by atoms with Gasteiger partial charge in [-0.15, -0.1) is 11.3 Å². The number of thiazole rings is 1. The van der Waals surface area contributed by atoms with Gasteiger partial charge < -0.3 is 9.64 Å². The molecule has 0 bridgehead atoms. The number of imidazole rings is 1. The van der Waals surface area contributed by atoms with Crippen molar-refractivity contribution in [2.24, 2.45) is 0 Å². The number of ether oxygens (including phenoxy) is 1. The van der Waals surface area contributed by atoms with Crippen LogP contribution in [0, 0.1) is 0 Å². The molecule has 0 N–H and O–H groups in total. The molecule has 5 nitrogen and oxygen atoms in total. The van der Waals surface area contributed by atoms with Gasteiger partial charge in [-0.1, -0.05) is 0 Å². The molecule has 1 aliphatic heterocycles. The molecule has 102 valence electrons. The van der Waals surface area contributed by atoms with Crippen LogP contribution in [0.1, 0.15) is 19.5 Å². The molecule has 0 aromatic carbocycles. The SMILES string of the molecule is CC1CN(C(=O)Cc2cn3ccsc3n2)CC(C)O1. The fraction of sp³-hybridized carbons (Fsp3) is 0.538. The monoisotopic (exact) mass is 279 g/mol. The van der Waals surface area contributed by atoms with Crippen molar-refractivity contribution in [1.82, 2.24) is 14.3 Å². The topological polar surface area (TPSA) is 46.8 Å². The van der Waals surface area contributed by atoms with Crippen LogP contribution in [0.15, 0.2) is 17.8 Å². The minimum atomic E-state index is 0.109. The van der Waals surface area contributed by atoms with Crippen molar-refractivity contribution in [3.8, 4) is 0 Å². The molecule has 1 fully saturated rings. The van der Waals surface area contributed by atoms with Gasteiger partial charge in [0, 0.05) is 30.9 Å². The number of hydrogen-bond acceptors (Lipinski definition) is 4. The normalized spacial score (nSPS) is 24.0. The van der Waals surface area contributed by atoms with Crippen LogP contribution in [0.3, 0.4) is 0 Å². The molecule has 2 unspecified atom stereocenters. The summed E-state index contributed by atoms with van der Waals surface area (Å²) in [6.07, 6.45) is 4.47. The molecule has 0 radical (unpaired) electrons. The van der Waals surface area contributed by atoms with Crippen LogP contribution in [-0.2, 0) is 16.0 Å². The predicted molar refractivity (Wildman–Crippen MR) is 73.4 cm³/mol. The van der Waals surface area contributed by atoms with Gasteiger partial charge in [0.2, 0.25) is 5.91 Å². The van der Waals surface area contributed by atoms with Crippen LogP contribution in [0.5, 0.6) is 0 Å². The minimum Gasteiger partial charge on any atom is -0.372 e. The largest absolute Gasteiger partial charge is 0.372 e. The van der Waals surface area contributed by atoms with Crippen LogP contribution < -0.4 is 0 Å². The number of rotatable bonds is 2. The van der Waals surface area contributed by atoms with E-state index in [4.69, 9.17) is 4.74 Å². The highest BCUT2D eigenvalue weighted by atomic mass is 32.1. The van der Waals surface area contributed by atoms with E-state index in [1.54, 1.807) is 11.3 Å². The number of fused-ring (bicyclic) bond motifs is 1. The summed E-state index contributed by atoms with van der Waals surface area (Å²) >= 11 is 1.58. The van der Waals surface area contributed by atoms with E-state index in [0.717, 1.165) is 10.7 Å². The number of hydrogen-bond donors (Lipinski definition) is 0. The van der Waals surface area contributed by atoms with Crippen LogP contribution in [0.2, 0.25) is 0 Å². The third kappa shape index (κ3) is 2.64. The van der Waals surface area contributed by atoms with E-state index < -0.39 is 0 Å². The summed E-state index contributed by atoms with van der Waals surface area (Å²) in [5.74, 6) is 0.132. The number of aromatic nitrogens is 2. The first-order valence-electron chi connectivity index (χ1n) is 6.46. The standard InChI is InChI=1S/C13H17N3O2S/c1-9-6-16(7-10(2)18-9)12(17)5-11-8-15-3-4-19-13(15)14-11/h3-4,8-10H,5-7H2,1-2H3. The van der Waals surface area contributed by atoms with Crippen molar-refractivity contribution in [2.75, 3.05) is 13.1 Å². The van der Waals surface area contributed by atoms with Gasteiger partial charge in [-0.3, -0.25) is 9.20 Å². The van der Waals surface area contributed by atoms with E-state index in [-0.39, 0.29) is 18.1 Å². The molecule has 1 amide bonds. The van der Waals surface area contributed by atoms with Crippen molar-refractivity contribution in [3.63, 3.8) is 0 Å². The van der Waals surface area contributed by atoms with Gasteiger partial charge in [0.1, 0.15) is 0 Å². The van der Waals surface area contributed by atoms with Crippen LogP contribution in [-0.4, -0.2) is 45.5 Å². The summed E-state index contributed by atoms with van der Waals surface area (Å²) in [5.41, 5.74) is 0.837. The number of amides is 1. The van der Waals surface area contributed by atoms with Crippen molar-refractivity contribution >= 4 is 22.2 Å². The van der Waals surface area contributed by atoms with Gasteiger partial charge in [-0.2, -0.15) is 0 Å².